The minimum Gasteiger partial charge on any atom is -0.269 e. The number of rotatable bonds is 6. The molecule has 2 aliphatic rings. The van der Waals surface area contributed by atoms with Crippen LogP contribution in [0.3, 0.4) is 0 Å². The molecule has 2 aromatic carbocycles. The molecule has 0 aromatic heterocycles. The Hall–Kier alpha value is -4.06. The second-order valence-electron chi connectivity index (χ2n) is 9.36. The Kier molecular flexibility index (Phi) is 5.69. The fourth-order valence-electron chi connectivity index (χ4n) is 4.47. The molecule has 6 heteroatoms. The van der Waals surface area contributed by atoms with Crippen LogP contribution in [-0.2, 0) is 24.6 Å². The molecule has 34 heavy (non-hydrogen) atoms. The third-order valence-electron chi connectivity index (χ3n) is 6.34. The summed E-state index contributed by atoms with van der Waals surface area (Å²) in [6.45, 7) is 12.3. The van der Waals surface area contributed by atoms with Crippen molar-refractivity contribution in [3.8, 4) is 0 Å². The molecule has 0 saturated heterocycles. The summed E-state index contributed by atoms with van der Waals surface area (Å²) in [5.41, 5.74) is 5.48. The fraction of sp³-hybridized carbons (Fsp3) is 0.214. The molecule has 0 saturated carbocycles. The van der Waals surface area contributed by atoms with Crippen molar-refractivity contribution in [2.45, 2.75) is 39.5 Å². The first kappa shape index (κ1) is 23.1. The second kappa shape index (κ2) is 8.37. The van der Waals surface area contributed by atoms with E-state index in [1.54, 1.807) is 6.07 Å². The van der Waals surface area contributed by atoms with Gasteiger partial charge in [-0.15, -0.1) is 0 Å². The van der Waals surface area contributed by atoms with E-state index in [9.17, 15) is 19.2 Å². The summed E-state index contributed by atoms with van der Waals surface area (Å²) in [6, 6.07) is 11.4. The number of allylic oxidation sites excluding steroid dienone is 1. The normalized spacial score (nSPS) is 15.8. The zero-order valence-electron chi connectivity index (χ0n) is 19.7. The van der Waals surface area contributed by atoms with Crippen LogP contribution in [0.1, 0.15) is 42.5 Å². The number of amides is 4. The van der Waals surface area contributed by atoms with Gasteiger partial charge in [0.05, 0.1) is 11.4 Å². The lowest BCUT2D eigenvalue weighted by molar-refractivity contribution is -0.121. The number of carbonyl (C=O) groups is 4. The smallest absolute Gasteiger partial charge is 0.258 e. The molecule has 2 aliphatic heterocycles. The average molecular weight is 455 g/mol. The van der Waals surface area contributed by atoms with Gasteiger partial charge in [-0.2, -0.15) is 0 Å². The Morgan fingerprint density at radius 2 is 1.18 bits per heavy atom. The fourth-order valence-corrected chi connectivity index (χ4v) is 4.47. The number of hydrogen-bond acceptors (Lipinski definition) is 4. The van der Waals surface area contributed by atoms with Crippen LogP contribution in [0.25, 0.3) is 5.57 Å². The van der Waals surface area contributed by atoms with Gasteiger partial charge < -0.3 is 0 Å². The summed E-state index contributed by atoms with van der Waals surface area (Å²) in [5, 5.41) is 0. The Bertz CT molecular complexity index is 1290. The zero-order chi connectivity index (χ0) is 24.8. The van der Waals surface area contributed by atoms with Gasteiger partial charge in [0, 0.05) is 24.3 Å². The number of anilines is 2. The molecule has 6 nitrogen and oxygen atoms in total. The van der Waals surface area contributed by atoms with E-state index in [1.807, 2.05) is 44.2 Å². The largest absolute Gasteiger partial charge is 0.269 e. The van der Waals surface area contributed by atoms with Crippen LogP contribution in [0.2, 0.25) is 0 Å². The third kappa shape index (κ3) is 4.03. The van der Waals surface area contributed by atoms with E-state index in [2.05, 4.69) is 20.4 Å². The molecule has 0 N–H and O–H groups in total. The maximum Gasteiger partial charge on any atom is 0.258 e. The van der Waals surface area contributed by atoms with Crippen molar-refractivity contribution in [1.82, 2.24) is 0 Å². The van der Waals surface area contributed by atoms with E-state index in [0.29, 0.717) is 17.8 Å². The van der Waals surface area contributed by atoms with Gasteiger partial charge in [0.1, 0.15) is 0 Å². The first-order valence-electron chi connectivity index (χ1n) is 11.0. The van der Waals surface area contributed by atoms with Gasteiger partial charge in [0.25, 0.3) is 23.6 Å². The molecule has 0 radical (unpaired) electrons. The van der Waals surface area contributed by atoms with Crippen LogP contribution in [0.15, 0.2) is 67.3 Å². The van der Waals surface area contributed by atoms with Crippen LogP contribution in [-0.4, -0.2) is 23.6 Å². The number of hydrogen-bond donors (Lipinski definition) is 0. The Morgan fingerprint density at radius 1 is 0.735 bits per heavy atom. The van der Waals surface area contributed by atoms with E-state index in [-0.39, 0.29) is 29.0 Å². The number of imide groups is 2. The maximum absolute atomic E-state index is 12.1. The average Bonchev–Trinajstić information content (AvgIpc) is 3.28. The van der Waals surface area contributed by atoms with Crippen molar-refractivity contribution in [1.29, 1.82) is 0 Å². The highest BCUT2D eigenvalue weighted by atomic mass is 16.2. The van der Waals surface area contributed by atoms with Crippen molar-refractivity contribution in [2.24, 2.45) is 0 Å². The van der Waals surface area contributed by atoms with Gasteiger partial charge in [-0.25, -0.2) is 9.80 Å². The quantitative estimate of drug-likeness (QED) is 0.601. The molecular weight excluding hydrogens is 428 g/mol. The molecule has 2 aromatic rings. The van der Waals surface area contributed by atoms with E-state index in [0.717, 1.165) is 27.8 Å². The first-order valence-corrected chi connectivity index (χ1v) is 11.0. The van der Waals surface area contributed by atoms with E-state index in [1.165, 1.54) is 34.1 Å². The van der Waals surface area contributed by atoms with Gasteiger partial charge in [0.15, 0.2) is 0 Å². The van der Waals surface area contributed by atoms with Gasteiger partial charge >= 0.3 is 0 Å². The Labute approximate surface area is 198 Å². The lowest BCUT2D eigenvalue weighted by atomic mass is 9.77. The van der Waals surface area contributed by atoms with E-state index < -0.39 is 0 Å². The summed E-state index contributed by atoms with van der Waals surface area (Å²) >= 11 is 0. The first-order chi connectivity index (χ1) is 16.0. The number of carbonyl (C=O) groups excluding carboxylic acids is 4. The maximum atomic E-state index is 12.1. The summed E-state index contributed by atoms with van der Waals surface area (Å²) < 4.78 is 0. The lowest BCUT2D eigenvalue weighted by Crippen LogP contribution is -2.30. The Morgan fingerprint density at radius 3 is 1.62 bits per heavy atom. The van der Waals surface area contributed by atoms with Gasteiger partial charge in [-0.05, 0) is 71.7 Å². The van der Waals surface area contributed by atoms with Crippen molar-refractivity contribution < 1.29 is 19.2 Å². The second-order valence-corrected chi connectivity index (χ2v) is 9.36. The van der Waals surface area contributed by atoms with Crippen LogP contribution in [0, 0.1) is 13.8 Å². The molecule has 172 valence electrons. The zero-order valence-corrected chi connectivity index (χ0v) is 19.7. The summed E-state index contributed by atoms with van der Waals surface area (Å²) in [5.74, 6) is -1.35. The number of benzene rings is 2. The van der Waals surface area contributed by atoms with Crippen molar-refractivity contribution in [2.75, 3.05) is 9.80 Å². The third-order valence-corrected chi connectivity index (χ3v) is 6.34. The SMILES string of the molecule is C=C(CC(C)(C)c1ccc(N2C(=O)C=CC2=O)c(C)c1)c1ccc(N2C(=O)C=CC2=O)c(C)c1. The molecule has 2 heterocycles. The molecular formula is C28H26N2O4. The van der Waals surface area contributed by atoms with Gasteiger partial charge in [-0.1, -0.05) is 38.6 Å². The number of aryl methyl sites for hydroxylation is 2. The van der Waals surface area contributed by atoms with Crippen molar-refractivity contribution in [3.05, 3.63) is 89.5 Å². The van der Waals surface area contributed by atoms with Crippen LogP contribution < -0.4 is 9.80 Å². The standard InChI is InChI=1S/C28H26N2O4/c1-17-14-20(6-8-22(17)29-24(31)10-11-25(29)32)19(3)16-28(4,5)21-7-9-23(18(2)15-21)30-26(33)12-13-27(30)34/h6-15H,3,16H2,1-2,4-5H3. The minimum absolute atomic E-state index is 0.269. The van der Waals surface area contributed by atoms with E-state index in [4.69, 9.17) is 0 Å². The van der Waals surface area contributed by atoms with Crippen molar-refractivity contribution >= 4 is 40.6 Å². The van der Waals surface area contributed by atoms with Crippen LogP contribution in [0.5, 0.6) is 0 Å². The van der Waals surface area contributed by atoms with Crippen LogP contribution >= 0.6 is 0 Å². The summed E-state index contributed by atoms with van der Waals surface area (Å²) in [6.07, 6.45) is 5.77. The van der Waals surface area contributed by atoms with E-state index >= 15 is 0 Å². The highest BCUT2D eigenvalue weighted by Gasteiger charge is 2.29. The predicted molar refractivity (Wildman–Crippen MR) is 132 cm³/mol. The van der Waals surface area contributed by atoms with Gasteiger partial charge in [0.2, 0.25) is 0 Å². The topological polar surface area (TPSA) is 74.8 Å². The lowest BCUT2D eigenvalue weighted by Gasteiger charge is -2.28. The minimum atomic E-state index is -0.340. The van der Waals surface area contributed by atoms with Crippen molar-refractivity contribution in [3.63, 3.8) is 0 Å². The predicted octanol–water partition coefficient (Wildman–Crippen LogP) is 4.54. The molecule has 4 amide bonds. The molecule has 0 fully saturated rings. The van der Waals surface area contributed by atoms with Crippen LogP contribution in [0.4, 0.5) is 11.4 Å². The highest BCUT2D eigenvalue weighted by molar-refractivity contribution is 6.29. The highest BCUT2D eigenvalue weighted by Crippen LogP contribution is 2.37. The molecule has 0 aliphatic carbocycles. The van der Waals surface area contributed by atoms with Gasteiger partial charge in [-0.3, -0.25) is 19.2 Å². The Balaban J connectivity index is 1.54. The summed E-state index contributed by atoms with van der Waals surface area (Å²) in [4.78, 5) is 50.5. The summed E-state index contributed by atoms with van der Waals surface area (Å²) in [7, 11) is 0. The molecule has 0 atom stereocenters. The number of nitrogens with zero attached hydrogens (tertiary/aromatic N) is 2. The molecule has 0 bridgehead atoms. The molecule has 4 rings (SSSR count). The molecule has 0 spiro atoms. The monoisotopic (exact) mass is 454 g/mol. The molecule has 0 unspecified atom stereocenters.